The largest absolute Gasteiger partial charge is 0.339 e. The number of hydrogen-bond donors (Lipinski definition) is 3. The van der Waals surface area contributed by atoms with Gasteiger partial charge in [-0.05, 0) is 42.5 Å². The fourth-order valence-electron chi connectivity index (χ4n) is 2.27. The summed E-state index contributed by atoms with van der Waals surface area (Å²) in [6, 6.07) is 10.8. The molecule has 1 aromatic heterocycles. The highest BCUT2D eigenvalue weighted by Gasteiger charge is 2.09. The number of anilines is 4. The van der Waals surface area contributed by atoms with Crippen LogP contribution in [0.3, 0.4) is 0 Å². The molecule has 0 aliphatic carbocycles. The van der Waals surface area contributed by atoms with E-state index >= 15 is 0 Å². The standard InChI is InChI=1S/C19H15ClFN5O2/c1-11(27)24-12-2-4-13(5-3-12)26-19(28)17-9-23-18(10-22-17)25-14-6-7-16(21)15(20)8-14/h2-10H,1H3,(H,23,25)(H,24,27)(H,26,28). The van der Waals surface area contributed by atoms with Crippen molar-refractivity contribution < 1.29 is 14.0 Å². The van der Waals surface area contributed by atoms with Gasteiger partial charge in [-0.1, -0.05) is 11.6 Å². The lowest BCUT2D eigenvalue weighted by molar-refractivity contribution is -0.114. The Morgan fingerprint density at radius 3 is 2.14 bits per heavy atom. The Morgan fingerprint density at radius 2 is 1.57 bits per heavy atom. The Hall–Kier alpha value is -3.52. The first-order valence-electron chi connectivity index (χ1n) is 8.14. The maximum atomic E-state index is 13.2. The third-order valence-corrected chi connectivity index (χ3v) is 3.83. The molecule has 142 valence electrons. The van der Waals surface area contributed by atoms with Crippen LogP contribution in [0.2, 0.25) is 5.02 Å². The van der Waals surface area contributed by atoms with E-state index in [0.29, 0.717) is 22.9 Å². The van der Waals surface area contributed by atoms with Crippen molar-refractivity contribution in [2.75, 3.05) is 16.0 Å². The van der Waals surface area contributed by atoms with Crippen LogP contribution in [0.15, 0.2) is 54.9 Å². The van der Waals surface area contributed by atoms with Crippen molar-refractivity contribution in [1.82, 2.24) is 9.97 Å². The summed E-state index contributed by atoms with van der Waals surface area (Å²) in [4.78, 5) is 31.5. The smallest absolute Gasteiger partial charge is 0.275 e. The van der Waals surface area contributed by atoms with E-state index in [2.05, 4.69) is 25.9 Å². The molecule has 0 radical (unpaired) electrons. The van der Waals surface area contributed by atoms with Crippen LogP contribution in [-0.4, -0.2) is 21.8 Å². The fourth-order valence-corrected chi connectivity index (χ4v) is 2.45. The van der Waals surface area contributed by atoms with Gasteiger partial charge in [0, 0.05) is 24.0 Å². The second kappa shape index (κ2) is 8.45. The van der Waals surface area contributed by atoms with Crippen LogP contribution in [0.25, 0.3) is 0 Å². The van der Waals surface area contributed by atoms with Gasteiger partial charge in [-0.15, -0.1) is 0 Å². The first-order chi connectivity index (χ1) is 13.4. The van der Waals surface area contributed by atoms with Gasteiger partial charge in [-0.25, -0.2) is 14.4 Å². The molecule has 3 aromatic rings. The summed E-state index contributed by atoms with van der Waals surface area (Å²) in [7, 11) is 0. The van der Waals surface area contributed by atoms with Crippen LogP contribution in [0, 0.1) is 5.82 Å². The monoisotopic (exact) mass is 399 g/mol. The van der Waals surface area contributed by atoms with Crippen LogP contribution in [0.5, 0.6) is 0 Å². The molecule has 0 bridgehead atoms. The maximum Gasteiger partial charge on any atom is 0.275 e. The summed E-state index contributed by atoms with van der Waals surface area (Å²) < 4.78 is 13.2. The Labute approximate surface area is 165 Å². The number of halogens is 2. The van der Waals surface area contributed by atoms with Crippen molar-refractivity contribution in [2.45, 2.75) is 6.92 Å². The van der Waals surface area contributed by atoms with E-state index in [-0.39, 0.29) is 16.6 Å². The third-order valence-electron chi connectivity index (χ3n) is 3.54. The first kappa shape index (κ1) is 19.2. The summed E-state index contributed by atoms with van der Waals surface area (Å²) in [6.45, 7) is 1.41. The average Bonchev–Trinajstić information content (AvgIpc) is 2.66. The van der Waals surface area contributed by atoms with E-state index in [1.165, 1.54) is 37.5 Å². The molecule has 28 heavy (non-hydrogen) atoms. The summed E-state index contributed by atoms with van der Waals surface area (Å²) in [5.74, 6) is -0.755. The number of rotatable bonds is 5. The zero-order valence-electron chi connectivity index (χ0n) is 14.7. The van der Waals surface area contributed by atoms with Crippen molar-refractivity contribution in [3.05, 3.63) is 71.4 Å². The highest BCUT2D eigenvalue weighted by molar-refractivity contribution is 6.31. The van der Waals surface area contributed by atoms with Crippen molar-refractivity contribution in [3.8, 4) is 0 Å². The van der Waals surface area contributed by atoms with Crippen molar-refractivity contribution in [3.63, 3.8) is 0 Å². The number of amides is 2. The van der Waals surface area contributed by atoms with E-state index < -0.39 is 11.7 Å². The number of carbonyl (C=O) groups is 2. The highest BCUT2D eigenvalue weighted by atomic mass is 35.5. The van der Waals surface area contributed by atoms with E-state index in [1.54, 1.807) is 24.3 Å². The van der Waals surface area contributed by atoms with E-state index in [9.17, 15) is 14.0 Å². The van der Waals surface area contributed by atoms with Crippen LogP contribution in [0.1, 0.15) is 17.4 Å². The molecule has 0 aliphatic heterocycles. The van der Waals surface area contributed by atoms with Gasteiger partial charge in [0.15, 0.2) is 0 Å². The molecule has 0 unspecified atom stereocenters. The zero-order chi connectivity index (χ0) is 20.1. The molecule has 0 spiro atoms. The van der Waals surface area contributed by atoms with E-state index in [1.807, 2.05) is 0 Å². The summed E-state index contributed by atoms with van der Waals surface area (Å²) in [5.41, 5.74) is 1.83. The molecule has 0 saturated carbocycles. The predicted octanol–water partition coefficient (Wildman–Crippen LogP) is 4.22. The number of carbonyl (C=O) groups excluding carboxylic acids is 2. The molecule has 2 aromatic carbocycles. The molecule has 3 rings (SSSR count). The molecule has 0 aliphatic rings. The molecule has 3 N–H and O–H groups in total. The van der Waals surface area contributed by atoms with Gasteiger partial charge in [0.25, 0.3) is 5.91 Å². The minimum absolute atomic E-state index is 0.0153. The number of aromatic nitrogens is 2. The van der Waals surface area contributed by atoms with Gasteiger partial charge in [-0.2, -0.15) is 0 Å². The van der Waals surface area contributed by atoms with E-state index in [4.69, 9.17) is 11.6 Å². The van der Waals surface area contributed by atoms with Gasteiger partial charge < -0.3 is 16.0 Å². The maximum absolute atomic E-state index is 13.2. The minimum atomic E-state index is -0.518. The molecule has 7 nitrogen and oxygen atoms in total. The summed E-state index contributed by atoms with van der Waals surface area (Å²) in [6.07, 6.45) is 2.69. The van der Waals surface area contributed by atoms with Gasteiger partial charge in [0.05, 0.1) is 17.4 Å². The van der Waals surface area contributed by atoms with Gasteiger partial charge in [-0.3, -0.25) is 9.59 Å². The number of nitrogens with one attached hydrogen (secondary N) is 3. The molecule has 2 amide bonds. The number of benzene rings is 2. The summed E-state index contributed by atoms with van der Waals surface area (Å²) >= 11 is 5.73. The molecule has 9 heteroatoms. The van der Waals surface area contributed by atoms with Gasteiger partial charge in [0.1, 0.15) is 17.3 Å². The summed E-state index contributed by atoms with van der Waals surface area (Å²) in [5, 5.41) is 8.23. The molecule has 0 fully saturated rings. The predicted molar refractivity (Wildman–Crippen MR) is 105 cm³/mol. The van der Waals surface area contributed by atoms with Crippen LogP contribution >= 0.6 is 11.6 Å². The minimum Gasteiger partial charge on any atom is -0.339 e. The quantitative estimate of drug-likeness (QED) is 0.596. The normalized spacial score (nSPS) is 10.2. The Morgan fingerprint density at radius 1 is 0.929 bits per heavy atom. The van der Waals surface area contributed by atoms with Crippen molar-refractivity contribution in [1.29, 1.82) is 0 Å². The van der Waals surface area contributed by atoms with Crippen LogP contribution in [0.4, 0.5) is 27.3 Å². The number of hydrogen-bond acceptors (Lipinski definition) is 5. The second-order valence-corrected chi connectivity index (χ2v) is 6.16. The average molecular weight is 400 g/mol. The van der Waals surface area contributed by atoms with Gasteiger partial charge >= 0.3 is 0 Å². The molecular formula is C19H15ClFN5O2. The first-order valence-corrected chi connectivity index (χ1v) is 8.51. The van der Waals surface area contributed by atoms with Gasteiger partial charge in [0.2, 0.25) is 5.91 Å². The highest BCUT2D eigenvalue weighted by Crippen LogP contribution is 2.21. The zero-order valence-corrected chi connectivity index (χ0v) is 15.4. The molecular weight excluding hydrogens is 385 g/mol. The lowest BCUT2D eigenvalue weighted by Gasteiger charge is -2.08. The molecule has 0 saturated heterocycles. The van der Waals surface area contributed by atoms with Crippen LogP contribution in [-0.2, 0) is 4.79 Å². The third kappa shape index (κ3) is 5.01. The topological polar surface area (TPSA) is 96.0 Å². The Balaban J connectivity index is 1.63. The lowest BCUT2D eigenvalue weighted by atomic mass is 10.2. The Bertz CT molecular complexity index is 1010. The van der Waals surface area contributed by atoms with Crippen molar-refractivity contribution in [2.24, 2.45) is 0 Å². The second-order valence-electron chi connectivity index (χ2n) is 5.75. The fraction of sp³-hybridized carbons (Fsp3) is 0.0526. The van der Waals surface area contributed by atoms with Crippen molar-refractivity contribution >= 4 is 46.3 Å². The van der Waals surface area contributed by atoms with E-state index in [0.717, 1.165) is 0 Å². The Kier molecular flexibility index (Phi) is 5.81. The lowest BCUT2D eigenvalue weighted by Crippen LogP contribution is -2.14. The van der Waals surface area contributed by atoms with Crippen LogP contribution < -0.4 is 16.0 Å². The SMILES string of the molecule is CC(=O)Nc1ccc(NC(=O)c2cnc(Nc3ccc(F)c(Cl)c3)cn2)cc1. The molecule has 1 heterocycles. The molecule has 0 atom stereocenters. The number of nitrogens with zero attached hydrogens (tertiary/aromatic N) is 2.